The minimum absolute atomic E-state index is 0.255. The highest BCUT2D eigenvalue weighted by Crippen LogP contribution is 2.35. The Labute approximate surface area is 111 Å². The molecule has 3 atom stereocenters. The number of hydrogen-bond donors (Lipinski definition) is 2. The minimum Gasteiger partial charge on any atom is -0.367 e. The number of rotatable bonds is 3. The van der Waals surface area contributed by atoms with E-state index in [2.05, 4.69) is 34.3 Å². The van der Waals surface area contributed by atoms with Crippen molar-refractivity contribution in [2.45, 2.75) is 39.2 Å². The average Bonchev–Trinajstić information content (AvgIpc) is 2.95. The third kappa shape index (κ3) is 2.11. The summed E-state index contributed by atoms with van der Waals surface area (Å²) in [6.45, 7) is 4.56. The molecular weight excluding hydrogens is 242 g/mol. The van der Waals surface area contributed by atoms with Crippen LogP contribution in [0.1, 0.15) is 33.1 Å². The van der Waals surface area contributed by atoms with Gasteiger partial charge in [-0.1, -0.05) is 20.3 Å². The molecule has 3 rings (SSSR count). The number of anilines is 1. The van der Waals surface area contributed by atoms with E-state index >= 15 is 0 Å². The van der Waals surface area contributed by atoms with E-state index in [1.165, 1.54) is 30.0 Å². The predicted molar refractivity (Wildman–Crippen MR) is 73.2 cm³/mol. The standard InChI is InChI=1S/C13H19N5O/c1-3-9-4-5-10(8(9)2)15-11-6-12-16-17-13(19)18(12)7-14-11/h6-10,15H,3-5H2,1-2H3,(H,17,19). The zero-order chi connectivity index (χ0) is 13.4. The zero-order valence-electron chi connectivity index (χ0n) is 11.3. The summed E-state index contributed by atoms with van der Waals surface area (Å²) in [6, 6.07) is 2.27. The van der Waals surface area contributed by atoms with Crippen LogP contribution >= 0.6 is 0 Å². The van der Waals surface area contributed by atoms with Crippen molar-refractivity contribution in [2.24, 2.45) is 11.8 Å². The van der Waals surface area contributed by atoms with Gasteiger partial charge in [-0.25, -0.2) is 19.3 Å². The second-order valence-corrected chi connectivity index (χ2v) is 5.39. The predicted octanol–water partition coefficient (Wildman–Crippen LogP) is 1.65. The van der Waals surface area contributed by atoms with Crippen LogP contribution in [0, 0.1) is 11.8 Å². The Morgan fingerprint density at radius 1 is 1.53 bits per heavy atom. The summed E-state index contributed by atoms with van der Waals surface area (Å²) in [5.74, 6) is 2.25. The van der Waals surface area contributed by atoms with Crippen LogP contribution in [0.4, 0.5) is 5.82 Å². The Morgan fingerprint density at radius 3 is 3.11 bits per heavy atom. The van der Waals surface area contributed by atoms with Crippen LogP contribution in [0.2, 0.25) is 0 Å². The first kappa shape index (κ1) is 12.2. The molecule has 0 amide bonds. The van der Waals surface area contributed by atoms with E-state index in [1.54, 1.807) is 0 Å². The highest BCUT2D eigenvalue weighted by atomic mass is 16.1. The first-order valence-electron chi connectivity index (χ1n) is 6.88. The zero-order valence-corrected chi connectivity index (χ0v) is 11.3. The summed E-state index contributed by atoms with van der Waals surface area (Å²) in [5, 5.41) is 9.84. The second kappa shape index (κ2) is 4.68. The molecule has 0 bridgehead atoms. The molecule has 1 saturated carbocycles. The van der Waals surface area contributed by atoms with Crippen LogP contribution in [0.5, 0.6) is 0 Å². The highest BCUT2D eigenvalue weighted by Gasteiger charge is 2.31. The van der Waals surface area contributed by atoms with Gasteiger partial charge in [-0.05, 0) is 24.7 Å². The average molecular weight is 261 g/mol. The van der Waals surface area contributed by atoms with Crippen LogP contribution in [0.15, 0.2) is 17.2 Å². The van der Waals surface area contributed by atoms with Gasteiger partial charge in [0.15, 0.2) is 5.65 Å². The molecule has 1 fully saturated rings. The largest absolute Gasteiger partial charge is 0.367 e. The third-order valence-corrected chi connectivity index (χ3v) is 4.39. The lowest BCUT2D eigenvalue weighted by molar-refractivity contribution is 0.391. The molecule has 102 valence electrons. The van der Waals surface area contributed by atoms with Gasteiger partial charge in [-0.2, -0.15) is 5.10 Å². The minimum atomic E-state index is -0.255. The Balaban J connectivity index is 1.80. The van der Waals surface area contributed by atoms with Gasteiger partial charge in [0.05, 0.1) is 0 Å². The van der Waals surface area contributed by atoms with Crippen molar-refractivity contribution < 1.29 is 0 Å². The molecule has 6 heteroatoms. The fraction of sp³-hybridized carbons (Fsp3) is 0.615. The summed E-state index contributed by atoms with van der Waals surface area (Å²) in [5.41, 5.74) is 0.342. The molecule has 2 N–H and O–H groups in total. The lowest BCUT2D eigenvalue weighted by Crippen LogP contribution is -2.25. The quantitative estimate of drug-likeness (QED) is 0.881. The number of aromatic nitrogens is 4. The summed E-state index contributed by atoms with van der Waals surface area (Å²) in [4.78, 5) is 15.6. The fourth-order valence-electron chi connectivity index (χ4n) is 3.11. The topological polar surface area (TPSA) is 75.1 Å². The molecule has 19 heavy (non-hydrogen) atoms. The molecule has 0 aromatic carbocycles. The van der Waals surface area contributed by atoms with Gasteiger partial charge < -0.3 is 5.32 Å². The first-order valence-corrected chi connectivity index (χ1v) is 6.88. The van der Waals surface area contributed by atoms with E-state index in [9.17, 15) is 4.79 Å². The maximum Gasteiger partial charge on any atom is 0.348 e. The smallest absolute Gasteiger partial charge is 0.348 e. The van der Waals surface area contributed by atoms with Gasteiger partial charge in [0.2, 0.25) is 0 Å². The molecule has 2 aromatic rings. The molecule has 0 saturated heterocycles. The van der Waals surface area contributed by atoms with E-state index in [4.69, 9.17) is 0 Å². The van der Waals surface area contributed by atoms with E-state index in [1.807, 2.05) is 6.07 Å². The summed E-state index contributed by atoms with van der Waals surface area (Å²) < 4.78 is 1.40. The SMILES string of the molecule is CCC1CCC(Nc2cc3n[nH]c(=O)n3cn2)C1C. The van der Waals surface area contributed by atoms with Crippen molar-refractivity contribution in [3.8, 4) is 0 Å². The summed E-state index contributed by atoms with van der Waals surface area (Å²) >= 11 is 0. The van der Waals surface area contributed by atoms with Crippen LogP contribution in [0.3, 0.4) is 0 Å². The Kier molecular flexibility index (Phi) is 3.00. The lowest BCUT2D eigenvalue weighted by Gasteiger charge is -2.21. The molecule has 2 heterocycles. The lowest BCUT2D eigenvalue weighted by atomic mass is 9.93. The van der Waals surface area contributed by atoms with Gasteiger partial charge in [0.1, 0.15) is 12.1 Å². The molecule has 1 aliphatic rings. The molecular formula is C13H19N5O. The molecule has 0 spiro atoms. The van der Waals surface area contributed by atoms with Crippen LogP contribution in [0.25, 0.3) is 5.65 Å². The van der Waals surface area contributed by atoms with E-state index < -0.39 is 0 Å². The van der Waals surface area contributed by atoms with Gasteiger partial charge in [0, 0.05) is 12.1 Å². The van der Waals surface area contributed by atoms with Gasteiger partial charge in [-0.3, -0.25) is 0 Å². The van der Waals surface area contributed by atoms with Crippen LogP contribution < -0.4 is 11.0 Å². The number of aromatic amines is 1. The number of hydrogen-bond acceptors (Lipinski definition) is 4. The van der Waals surface area contributed by atoms with Crippen molar-refractivity contribution >= 4 is 11.5 Å². The van der Waals surface area contributed by atoms with Crippen LogP contribution in [-0.4, -0.2) is 25.6 Å². The molecule has 0 aliphatic heterocycles. The van der Waals surface area contributed by atoms with E-state index in [0.29, 0.717) is 17.6 Å². The summed E-state index contributed by atoms with van der Waals surface area (Å²) in [7, 11) is 0. The van der Waals surface area contributed by atoms with Crippen molar-refractivity contribution in [1.82, 2.24) is 19.6 Å². The number of nitrogens with zero attached hydrogens (tertiary/aromatic N) is 3. The molecule has 0 radical (unpaired) electrons. The van der Waals surface area contributed by atoms with Gasteiger partial charge in [-0.15, -0.1) is 0 Å². The maximum absolute atomic E-state index is 11.4. The van der Waals surface area contributed by atoms with E-state index in [-0.39, 0.29) is 5.69 Å². The second-order valence-electron chi connectivity index (χ2n) is 5.39. The van der Waals surface area contributed by atoms with Crippen molar-refractivity contribution in [3.63, 3.8) is 0 Å². The number of H-pyrrole nitrogens is 1. The number of fused-ring (bicyclic) bond motifs is 1. The first-order chi connectivity index (χ1) is 9.19. The Morgan fingerprint density at radius 2 is 2.37 bits per heavy atom. The molecule has 1 aliphatic carbocycles. The number of nitrogens with one attached hydrogen (secondary N) is 2. The normalized spacial score (nSPS) is 26.9. The molecule has 6 nitrogen and oxygen atoms in total. The van der Waals surface area contributed by atoms with Crippen molar-refractivity contribution in [2.75, 3.05) is 5.32 Å². The van der Waals surface area contributed by atoms with Gasteiger partial charge >= 0.3 is 5.69 Å². The summed E-state index contributed by atoms with van der Waals surface area (Å²) in [6.07, 6.45) is 5.21. The van der Waals surface area contributed by atoms with E-state index in [0.717, 1.165) is 11.7 Å². The third-order valence-electron chi connectivity index (χ3n) is 4.39. The van der Waals surface area contributed by atoms with Crippen LogP contribution in [-0.2, 0) is 0 Å². The monoisotopic (exact) mass is 261 g/mol. The maximum atomic E-state index is 11.4. The highest BCUT2D eigenvalue weighted by molar-refractivity contribution is 5.48. The fourth-order valence-corrected chi connectivity index (χ4v) is 3.11. The molecule has 3 unspecified atom stereocenters. The Bertz CT molecular complexity index is 631. The van der Waals surface area contributed by atoms with Crippen molar-refractivity contribution in [3.05, 3.63) is 22.9 Å². The van der Waals surface area contributed by atoms with Gasteiger partial charge in [0.25, 0.3) is 0 Å². The van der Waals surface area contributed by atoms with Crippen molar-refractivity contribution in [1.29, 1.82) is 0 Å². The Hall–Kier alpha value is -1.85. The molecule has 2 aromatic heterocycles.